The van der Waals surface area contributed by atoms with Crippen molar-refractivity contribution in [1.82, 2.24) is 10.2 Å². The smallest absolute Gasteiger partial charge is 0.323 e. The van der Waals surface area contributed by atoms with Crippen LogP contribution < -0.4 is 10.2 Å². The fraction of sp³-hybridized carbons (Fsp3) is 0.400. The molecule has 1 spiro atoms. The third-order valence-electron chi connectivity index (χ3n) is 6.59. The van der Waals surface area contributed by atoms with Gasteiger partial charge in [-0.1, -0.05) is 62.2 Å². The monoisotopic (exact) mass is 419 g/mol. The molecular weight excluding hydrogens is 390 g/mol. The van der Waals surface area contributed by atoms with Crippen molar-refractivity contribution in [2.45, 2.75) is 51.6 Å². The number of carbonyl (C=O) groups is 3. The molecule has 1 saturated heterocycles. The Bertz CT molecular complexity index is 991. The van der Waals surface area contributed by atoms with Crippen LogP contribution in [0.4, 0.5) is 10.5 Å². The van der Waals surface area contributed by atoms with Gasteiger partial charge in [0.1, 0.15) is 12.1 Å². The zero-order valence-electron chi connectivity index (χ0n) is 18.1. The lowest BCUT2D eigenvalue weighted by atomic mass is 9.73. The van der Waals surface area contributed by atoms with Crippen LogP contribution in [0.2, 0.25) is 0 Å². The number of imide groups is 1. The van der Waals surface area contributed by atoms with Crippen molar-refractivity contribution in [1.29, 1.82) is 0 Å². The molecule has 2 atom stereocenters. The maximum absolute atomic E-state index is 13.4. The molecule has 162 valence electrons. The first-order valence-corrected chi connectivity index (χ1v) is 11.0. The molecule has 1 saturated carbocycles. The van der Waals surface area contributed by atoms with Crippen molar-refractivity contribution in [3.05, 3.63) is 65.7 Å². The lowest BCUT2D eigenvalue weighted by molar-refractivity contribution is -0.136. The van der Waals surface area contributed by atoms with Gasteiger partial charge in [0.05, 0.1) is 6.54 Å². The van der Waals surface area contributed by atoms with Gasteiger partial charge in [0.2, 0.25) is 5.91 Å². The molecule has 2 aromatic carbocycles. The molecule has 0 unspecified atom stereocenters. The fourth-order valence-corrected chi connectivity index (χ4v) is 4.74. The summed E-state index contributed by atoms with van der Waals surface area (Å²) in [6.45, 7) is 4.09. The van der Waals surface area contributed by atoms with Gasteiger partial charge in [-0.05, 0) is 48.9 Å². The average molecular weight is 420 g/mol. The second kappa shape index (κ2) is 8.53. The molecule has 0 aromatic heterocycles. The molecule has 1 heterocycles. The van der Waals surface area contributed by atoms with Crippen LogP contribution in [0, 0.1) is 12.8 Å². The summed E-state index contributed by atoms with van der Waals surface area (Å²) >= 11 is 0. The number of urea groups is 1. The second-order valence-corrected chi connectivity index (χ2v) is 8.74. The van der Waals surface area contributed by atoms with Crippen LogP contribution in [0.25, 0.3) is 0 Å². The van der Waals surface area contributed by atoms with Crippen LogP contribution in [-0.4, -0.2) is 34.8 Å². The Kier molecular flexibility index (Phi) is 5.81. The van der Waals surface area contributed by atoms with Crippen molar-refractivity contribution < 1.29 is 14.4 Å². The Morgan fingerprint density at radius 1 is 1.13 bits per heavy atom. The van der Waals surface area contributed by atoms with Gasteiger partial charge in [-0.15, -0.1) is 0 Å². The quantitative estimate of drug-likeness (QED) is 0.744. The first-order chi connectivity index (χ1) is 14.9. The summed E-state index contributed by atoms with van der Waals surface area (Å²) in [4.78, 5) is 42.2. The van der Waals surface area contributed by atoms with E-state index in [1.807, 2.05) is 68.4 Å². The highest BCUT2D eigenvalue weighted by Crippen LogP contribution is 2.38. The number of carbonyl (C=O) groups excluding carboxylic acids is 3. The number of hydrogen-bond acceptors (Lipinski definition) is 3. The Morgan fingerprint density at radius 3 is 2.61 bits per heavy atom. The van der Waals surface area contributed by atoms with E-state index in [-0.39, 0.29) is 24.3 Å². The predicted octanol–water partition coefficient (Wildman–Crippen LogP) is 4.03. The maximum atomic E-state index is 13.4. The third-order valence-corrected chi connectivity index (χ3v) is 6.59. The molecule has 4 rings (SSSR count). The minimum atomic E-state index is -0.858. The van der Waals surface area contributed by atoms with E-state index in [0.29, 0.717) is 13.0 Å². The summed E-state index contributed by atoms with van der Waals surface area (Å²) in [6.07, 6.45) is 3.50. The summed E-state index contributed by atoms with van der Waals surface area (Å²) in [7, 11) is 0. The number of nitrogens with one attached hydrogen (secondary N) is 1. The molecule has 1 aliphatic carbocycles. The maximum Gasteiger partial charge on any atom is 0.325 e. The van der Waals surface area contributed by atoms with Crippen molar-refractivity contribution in [2.75, 3.05) is 11.4 Å². The van der Waals surface area contributed by atoms with E-state index in [9.17, 15) is 14.4 Å². The molecule has 6 heteroatoms. The lowest BCUT2D eigenvalue weighted by Gasteiger charge is -2.36. The largest absolute Gasteiger partial charge is 0.325 e. The van der Waals surface area contributed by atoms with E-state index in [2.05, 4.69) is 5.32 Å². The summed E-state index contributed by atoms with van der Waals surface area (Å²) in [6, 6.07) is 17.0. The van der Waals surface area contributed by atoms with Crippen LogP contribution >= 0.6 is 0 Å². The first kappa shape index (κ1) is 21.1. The predicted molar refractivity (Wildman–Crippen MR) is 119 cm³/mol. The molecule has 2 aliphatic rings. The van der Waals surface area contributed by atoms with Gasteiger partial charge in [0.15, 0.2) is 0 Å². The van der Waals surface area contributed by atoms with Gasteiger partial charge in [0.25, 0.3) is 5.91 Å². The molecular formula is C25H29N3O3. The number of amides is 4. The van der Waals surface area contributed by atoms with Crippen LogP contribution in [0.3, 0.4) is 0 Å². The van der Waals surface area contributed by atoms with E-state index in [1.54, 1.807) is 4.90 Å². The van der Waals surface area contributed by atoms with Gasteiger partial charge < -0.3 is 10.2 Å². The Morgan fingerprint density at radius 2 is 1.90 bits per heavy atom. The number of aryl methyl sites for hydroxylation is 1. The van der Waals surface area contributed by atoms with E-state index in [1.165, 1.54) is 0 Å². The van der Waals surface area contributed by atoms with Crippen molar-refractivity contribution in [3.63, 3.8) is 0 Å². The summed E-state index contributed by atoms with van der Waals surface area (Å²) in [5.74, 6) is -0.476. The van der Waals surface area contributed by atoms with Gasteiger partial charge in [-0.2, -0.15) is 0 Å². The molecule has 4 amide bonds. The summed E-state index contributed by atoms with van der Waals surface area (Å²) in [5.41, 5.74) is 1.91. The topological polar surface area (TPSA) is 69.7 Å². The Hall–Kier alpha value is -3.15. The number of anilines is 1. The normalized spacial score (nSPS) is 23.2. The number of rotatable bonds is 5. The standard InChI is InChI=1S/C25H29N3O3/c1-18-9-8-13-21(15-18)27(16-20-11-4-3-5-12-20)22(29)17-28-23(30)25(26-24(28)31)14-7-6-10-19(25)2/h3-5,8-9,11-13,15,19H,6-7,10,14,16-17H2,1-2H3,(H,26,31)/t19-,25+/m0/s1. The molecule has 6 nitrogen and oxygen atoms in total. The molecule has 0 bridgehead atoms. The second-order valence-electron chi connectivity index (χ2n) is 8.74. The lowest BCUT2D eigenvalue weighted by Crippen LogP contribution is -2.54. The van der Waals surface area contributed by atoms with Gasteiger partial charge in [-0.3, -0.25) is 14.5 Å². The van der Waals surface area contributed by atoms with Crippen molar-refractivity contribution in [3.8, 4) is 0 Å². The van der Waals surface area contributed by atoms with Crippen LogP contribution in [0.1, 0.15) is 43.7 Å². The summed E-state index contributed by atoms with van der Waals surface area (Å²) in [5, 5.41) is 2.93. The van der Waals surface area contributed by atoms with Gasteiger partial charge >= 0.3 is 6.03 Å². The minimum Gasteiger partial charge on any atom is -0.323 e. The fourth-order valence-electron chi connectivity index (χ4n) is 4.74. The SMILES string of the molecule is Cc1cccc(N(Cc2ccccc2)C(=O)CN2C(=O)N[C@@]3(CCCC[C@@H]3C)C2=O)c1. The zero-order chi connectivity index (χ0) is 22.0. The van der Waals surface area contributed by atoms with E-state index < -0.39 is 11.6 Å². The molecule has 31 heavy (non-hydrogen) atoms. The van der Waals surface area contributed by atoms with Crippen LogP contribution in [0.5, 0.6) is 0 Å². The summed E-state index contributed by atoms with van der Waals surface area (Å²) < 4.78 is 0. The Balaban J connectivity index is 1.58. The highest BCUT2D eigenvalue weighted by molar-refractivity contribution is 6.10. The molecule has 0 radical (unpaired) electrons. The van der Waals surface area contributed by atoms with E-state index in [0.717, 1.165) is 41.0 Å². The number of nitrogens with zero attached hydrogens (tertiary/aromatic N) is 2. The number of benzene rings is 2. The van der Waals surface area contributed by atoms with Crippen LogP contribution in [-0.2, 0) is 16.1 Å². The highest BCUT2D eigenvalue weighted by atomic mass is 16.2. The first-order valence-electron chi connectivity index (χ1n) is 11.0. The van der Waals surface area contributed by atoms with Gasteiger partial charge in [0, 0.05) is 5.69 Å². The molecule has 1 aliphatic heterocycles. The minimum absolute atomic E-state index is 0.0648. The van der Waals surface area contributed by atoms with E-state index >= 15 is 0 Å². The average Bonchev–Trinajstić information content (AvgIpc) is 2.99. The van der Waals surface area contributed by atoms with Crippen molar-refractivity contribution >= 4 is 23.5 Å². The highest BCUT2D eigenvalue weighted by Gasteiger charge is 2.55. The van der Waals surface area contributed by atoms with E-state index in [4.69, 9.17) is 0 Å². The third kappa shape index (κ3) is 4.07. The molecule has 2 fully saturated rings. The number of hydrogen-bond donors (Lipinski definition) is 1. The van der Waals surface area contributed by atoms with Gasteiger partial charge in [-0.25, -0.2) is 4.79 Å². The zero-order valence-corrected chi connectivity index (χ0v) is 18.1. The molecule has 1 N–H and O–H groups in total. The van der Waals surface area contributed by atoms with Crippen LogP contribution in [0.15, 0.2) is 54.6 Å². The Labute approximate surface area is 183 Å². The molecule has 2 aromatic rings. The van der Waals surface area contributed by atoms with Crippen molar-refractivity contribution in [2.24, 2.45) is 5.92 Å².